The lowest BCUT2D eigenvalue weighted by Crippen LogP contribution is -2.30. The Balaban J connectivity index is 1.21. The number of fused-ring (bicyclic) bond motifs is 3. The Kier molecular flexibility index (Phi) is 7.41. The zero-order chi connectivity index (χ0) is 24.8. The van der Waals surface area contributed by atoms with Gasteiger partial charge >= 0.3 is 12.1 Å². The molecule has 1 unspecified atom stereocenters. The molecule has 1 atom stereocenters. The maximum Gasteiger partial charge on any atom is 0.407 e. The normalized spacial score (nSPS) is 12.9. The fourth-order valence-electron chi connectivity index (χ4n) is 4.07. The van der Waals surface area contributed by atoms with E-state index in [0.717, 1.165) is 22.3 Å². The molecule has 1 heterocycles. The Labute approximate surface area is 201 Å². The molecule has 0 aliphatic heterocycles. The highest BCUT2D eigenvalue weighted by molar-refractivity contribution is 5.92. The van der Waals surface area contributed by atoms with Crippen LogP contribution >= 0.6 is 0 Å². The number of imidazole rings is 1. The zero-order valence-corrected chi connectivity index (χ0v) is 18.9. The second kappa shape index (κ2) is 10.8. The van der Waals surface area contributed by atoms with Gasteiger partial charge in [-0.3, -0.25) is 4.79 Å². The summed E-state index contributed by atoms with van der Waals surface area (Å²) in [4.78, 5) is 38.9. The lowest BCUT2D eigenvalue weighted by Gasteiger charge is -2.14. The van der Waals surface area contributed by atoms with E-state index in [1.165, 1.54) is 12.5 Å². The first-order chi connectivity index (χ1) is 16.9. The summed E-state index contributed by atoms with van der Waals surface area (Å²) >= 11 is 0. The third-order valence-electron chi connectivity index (χ3n) is 5.84. The second-order valence-corrected chi connectivity index (χ2v) is 8.15. The predicted octanol–water partition coefficient (Wildman–Crippen LogP) is 1.99. The largest absolute Gasteiger partial charge is 0.479 e. The van der Waals surface area contributed by atoms with Crippen molar-refractivity contribution in [1.29, 1.82) is 0 Å². The molecule has 1 aliphatic carbocycles. The number of hydrogen-bond acceptors (Lipinski definition) is 6. The molecule has 10 nitrogen and oxygen atoms in total. The average molecular weight is 479 g/mol. The first-order valence-corrected chi connectivity index (χ1v) is 11.2. The molecule has 1 aliphatic rings. The molecular formula is C25H26N4O6. The van der Waals surface area contributed by atoms with Gasteiger partial charge in [0.1, 0.15) is 12.3 Å². The van der Waals surface area contributed by atoms with E-state index in [9.17, 15) is 19.5 Å². The summed E-state index contributed by atoms with van der Waals surface area (Å²) in [7, 11) is 0. The van der Waals surface area contributed by atoms with E-state index >= 15 is 0 Å². The van der Waals surface area contributed by atoms with Gasteiger partial charge in [0.15, 0.2) is 6.10 Å². The molecule has 4 N–H and O–H groups in total. The van der Waals surface area contributed by atoms with E-state index in [-0.39, 0.29) is 37.7 Å². The van der Waals surface area contributed by atoms with Crippen LogP contribution in [0.1, 0.15) is 34.0 Å². The topological polar surface area (TPSA) is 143 Å². The first-order valence-electron chi connectivity index (χ1n) is 11.2. The van der Waals surface area contributed by atoms with Gasteiger partial charge in [-0.1, -0.05) is 48.5 Å². The number of hydrogen-bond donors (Lipinski definition) is 4. The highest BCUT2D eigenvalue weighted by Crippen LogP contribution is 2.44. The molecular weight excluding hydrogens is 452 g/mol. The molecule has 2 aromatic carbocycles. The fraction of sp³-hybridized carbons (Fsp3) is 0.280. The molecule has 182 valence electrons. The standard InChI is InChI=1S/C25H26N4O6/c30-22(24(32)33)9-10-26-23(31)21-13-29(15-28-21)12-11-27-25(34)35-14-20-18-7-3-1-5-16(18)17-6-2-4-8-19(17)20/h1-8,13,15,20,22,30H,9-12,14H2,(H,26,31)(H,27,34)(H,32,33). The summed E-state index contributed by atoms with van der Waals surface area (Å²) in [6.45, 7) is 0.884. The number of nitrogens with one attached hydrogen (secondary N) is 2. The molecule has 35 heavy (non-hydrogen) atoms. The number of aliphatic carboxylic acids is 1. The molecule has 0 bridgehead atoms. The van der Waals surface area contributed by atoms with Crippen LogP contribution in [0, 0.1) is 0 Å². The number of ether oxygens (including phenoxy) is 1. The summed E-state index contributed by atoms with van der Waals surface area (Å²) in [6, 6.07) is 16.2. The minimum absolute atomic E-state index is 0.00248. The van der Waals surface area contributed by atoms with Crippen LogP contribution in [0.5, 0.6) is 0 Å². The number of aliphatic hydroxyl groups is 1. The quantitative estimate of drug-likeness (QED) is 0.349. The number of benzene rings is 2. The SMILES string of the molecule is O=C(NCCn1cnc(C(=O)NCCC(O)C(=O)O)c1)OCC1c2ccccc2-c2ccccc21. The van der Waals surface area contributed by atoms with Crippen molar-refractivity contribution >= 4 is 18.0 Å². The molecule has 0 fully saturated rings. The van der Waals surface area contributed by atoms with Gasteiger partial charge < -0.3 is 30.2 Å². The lowest BCUT2D eigenvalue weighted by molar-refractivity contribution is -0.146. The number of rotatable bonds is 10. The van der Waals surface area contributed by atoms with Gasteiger partial charge in [0.05, 0.1) is 6.33 Å². The number of carboxylic acids is 1. The van der Waals surface area contributed by atoms with Gasteiger partial charge in [0.25, 0.3) is 5.91 Å². The fourth-order valence-corrected chi connectivity index (χ4v) is 4.07. The predicted molar refractivity (Wildman–Crippen MR) is 126 cm³/mol. The van der Waals surface area contributed by atoms with Crippen LogP contribution in [0.25, 0.3) is 11.1 Å². The van der Waals surface area contributed by atoms with E-state index in [1.54, 1.807) is 4.57 Å². The minimum atomic E-state index is -1.53. The van der Waals surface area contributed by atoms with Crippen molar-refractivity contribution in [3.8, 4) is 11.1 Å². The van der Waals surface area contributed by atoms with Gasteiger partial charge in [-0.15, -0.1) is 0 Å². The Bertz CT molecular complexity index is 1180. The number of carboxylic acid groups (broad SMARTS) is 1. The van der Waals surface area contributed by atoms with Gasteiger partial charge in [0, 0.05) is 38.2 Å². The van der Waals surface area contributed by atoms with E-state index in [1.807, 2.05) is 24.3 Å². The van der Waals surface area contributed by atoms with E-state index < -0.39 is 24.1 Å². The number of carbonyl (C=O) groups excluding carboxylic acids is 2. The monoisotopic (exact) mass is 478 g/mol. The van der Waals surface area contributed by atoms with E-state index in [4.69, 9.17) is 9.84 Å². The summed E-state index contributed by atoms with van der Waals surface area (Å²) < 4.78 is 7.14. The van der Waals surface area contributed by atoms with Crippen molar-refractivity contribution in [2.24, 2.45) is 0 Å². The number of aromatic nitrogens is 2. The molecule has 3 aromatic rings. The van der Waals surface area contributed by atoms with Crippen molar-refractivity contribution in [3.05, 3.63) is 77.9 Å². The molecule has 2 amide bonds. The van der Waals surface area contributed by atoms with Crippen LogP contribution in [0.3, 0.4) is 0 Å². The smallest absolute Gasteiger partial charge is 0.407 e. The van der Waals surface area contributed by atoms with Crippen molar-refractivity contribution < 1.29 is 29.3 Å². The second-order valence-electron chi connectivity index (χ2n) is 8.15. The van der Waals surface area contributed by atoms with E-state index in [0.29, 0.717) is 6.54 Å². The van der Waals surface area contributed by atoms with Gasteiger partial charge in [-0.2, -0.15) is 0 Å². The van der Waals surface area contributed by atoms with Crippen LogP contribution in [0.2, 0.25) is 0 Å². The molecule has 10 heteroatoms. The number of nitrogens with zero attached hydrogens (tertiary/aromatic N) is 2. The molecule has 4 rings (SSSR count). The first kappa shape index (κ1) is 24.0. The number of aliphatic hydroxyl groups excluding tert-OH is 1. The van der Waals surface area contributed by atoms with Crippen LogP contribution in [-0.4, -0.2) is 63.5 Å². The maximum atomic E-state index is 12.3. The lowest BCUT2D eigenvalue weighted by atomic mass is 9.98. The Morgan fingerprint density at radius 1 is 1.00 bits per heavy atom. The molecule has 0 saturated carbocycles. The van der Waals surface area contributed by atoms with Crippen LogP contribution in [-0.2, 0) is 16.1 Å². The van der Waals surface area contributed by atoms with Gasteiger partial charge in [-0.05, 0) is 22.3 Å². The summed E-state index contributed by atoms with van der Waals surface area (Å²) in [5.74, 6) is -1.84. The Morgan fingerprint density at radius 2 is 1.66 bits per heavy atom. The van der Waals surface area contributed by atoms with Crippen molar-refractivity contribution in [3.63, 3.8) is 0 Å². The van der Waals surface area contributed by atoms with Crippen molar-refractivity contribution in [1.82, 2.24) is 20.2 Å². The number of alkyl carbamates (subject to hydrolysis) is 1. The van der Waals surface area contributed by atoms with Crippen LogP contribution in [0.15, 0.2) is 61.1 Å². The highest BCUT2D eigenvalue weighted by Gasteiger charge is 2.28. The zero-order valence-electron chi connectivity index (χ0n) is 18.9. The molecule has 0 saturated heterocycles. The van der Waals surface area contributed by atoms with Crippen molar-refractivity contribution in [2.45, 2.75) is 25.0 Å². The average Bonchev–Trinajstić information content (AvgIpc) is 3.45. The Morgan fingerprint density at radius 3 is 2.31 bits per heavy atom. The maximum absolute atomic E-state index is 12.3. The third kappa shape index (κ3) is 5.67. The number of carbonyl (C=O) groups is 3. The Hall–Kier alpha value is -4.18. The minimum Gasteiger partial charge on any atom is -0.479 e. The summed E-state index contributed by atoms with van der Waals surface area (Å²) in [6.07, 6.45) is 0.813. The summed E-state index contributed by atoms with van der Waals surface area (Å²) in [5.41, 5.74) is 4.76. The van der Waals surface area contributed by atoms with Gasteiger partial charge in [0.2, 0.25) is 0 Å². The van der Waals surface area contributed by atoms with Crippen molar-refractivity contribution in [2.75, 3.05) is 19.7 Å². The van der Waals surface area contributed by atoms with Gasteiger partial charge in [-0.25, -0.2) is 14.6 Å². The van der Waals surface area contributed by atoms with E-state index in [2.05, 4.69) is 39.9 Å². The van der Waals surface area contributed by atoms with Crippen LogP contribution < -0.4 is 10.6 Å². The highest BCUT2D eigenvalue weighted by atomic mass is 16.5. The molecule has 0 radical (unpaired) electrons. The molecule has 1 aromatic heterocycles. The number of amides is 2. The summed E-state index contributed by atoms with van der Waals surface area (Å²) in [5, 5.41) is 23.1. The molecule has 0 spiro atoms. The third-order valence-corrected chi connectivity index (χ3v) is 5.84. The van der Waals surface area contributed by atoms with Crippen LogP contribution in [0.4, 0.5) is 4.79 Å².